The maximum absolute atomic E-state index is 2.48. The van der Waals surface area contributed by atoms with Crippen LogP contribution >= 0.6 is 0 Å². The quantitative estimate of drug-likeness (QED) is 0.181. The molecule has 2 heteroatoms. The van der Waals surface area contributed by atoms with Crippen molar-refractivity contribution in [2.24, 2.45) is 0 Å². The molecule has 0 aliphatic heterocycles. The number of hydrogen-bond acceptors (Lipinski definition) is 2. The summed E-state index contributed by atoms with van der Waals surface area (Å²) < 4.78 is 0. The average molecular weight is 627 g/mol. The van der Waals surface area contributed by atoms with Crippen LogP contribution in [0.4, 0.5) is 28.4 Å². The van der Waals surface area contributed by atoms with Gasteiger partial charge in [-0.2, -0.15) is 0 Å². The second-order valence-corrected chi connectivity index (χ2v) is 14.9. The van der Waals surface area contributed by atoms with Gasteiger partial charge in [0.1, 0.15) is 0 Å². The molecule has 0 bridgehead atoms. The van der Waals surface area contributed by atoms with E-state index in [0.29, 0.717) is 0 Å². The van der Waals surface area contributed by atoms with E-state index < -0.39 is 0 Å². The summed E-state index contributed by atoms with van der Waals surface area (Å²) in [5.74, 6) is 0. The van der Waals surface area contributed by atoms with Crippen molar-refractivity contribution < 1.29 is 0 Å². The van der Waals surface area contributed by atoms with Crippen LogP contribution in [0.2, 0.25) is 0 Å². The first-order valence-electron chi connectivity index (χ1n) is 17.1. The lowest BCUT2D eigenvalue weighted by Crippen LogP contribution is -2.18. The molecule has 0 saturated carbocycles. The molecule has 0 saturated heterocycles. The fourth-order valence-corrected chi connectivity index (χ4v) is 7.67. The molecule has 0 amide bonds. The van der Waals surface area contributed by atoms with E-state index in [-0.39, 0.29) is 10.8 Å². The zero-order valence-electron chi connectivity index (χ0n) is 29.6. The lowest BCUT2D eigenvalue weighted by molar-refractivity contribution is 0.591. The largest absolute Gasteiger partial charge is 0.345 e. The topological polar surface area (TPSA) is 6.48 Å². The van der Waals surface area contributed by atoms with Crippen molar-refractivity contribution in [3.8, 4) is 22.3 Å². The Morgan fingerprint density at radius 3 is 1.58 bits per heavy atom. The maximum atomic E-state index is 2.48. The lowest BCUT2D eigenvalue weighted by Gasteiger charge is -2.31. The van der Waals surface area contributed by atoms with E-state index in [1.165, 1.54) is 67.1 Å². The number of anilines is 5. The van der Waals surface area contributed by atoms with Gasteiger partial charge in [0.15, 0.2) is 0 Å². The van der Waals surface area contributed by atoms with Crippen LogP contribution in [0.25, 0.3) is 22.3 Å². The van der Waals surface area contributed by atoms with Crippen LogP contribution in [0.15, 0.2) is 133 Å². The van der Waals surface area contributed by atoms with Gasteiger partial charge >= 0.3 is 0 Å². The number of benzene rings is 6. The van der Waals surface area contributed by atoms with Gasteiger partial charge in [-0.05, 0) is 136 Å². The third-order valence-electron chi connectivity index (χ3n) is 10.2. The predicted octanol–water partition coefficient (Wildman–Crippen LogP) is 12.8. The molecule has 0 spiro atoms. The highest BCUT2D eigenvalue weighted by Crippen LogP contribution is 2.53. The SMILES string of the molecule is Cc1cc(N(c2ccccc2)c2ccccc2)cc(C(C)(C)C)c1-c1ccc2c(c1)C(C)(C)c1cc(N(C)c3ccccc3)cc(C)c1-2. The Kier molecular flexibility index (Phi) is 7.79. The molecule has 0 atom stereocenters. The third-order valence-corrected chi connectivity index (χ3v) is 10.2. The number of para-hydroxylation sites is 3. The molecule has 7 rings (SSSR count). The molecular formula is C46H46N2. The van der Waals surface area contributed by atoms with Crippen molar-refractivity contribution in [3.05, 3.63) is 161 Å². The predicted molar refractivity (Wildman–Crippen MR) is 207 cm³/mol. The number of aryl methyl sites for hydroxylation is 2. The van der Waals surface area contributed by atoms with Gasteiger partial charge < -0.3 is 9.80 Å². The Morgan fingerprint density at radius 1 is 0.500 bits per heavy atom. The summed E-state index contributed by atoms with van der Waals surface area (Å²) in [5, 5.41) is 0. The highest BCUT2D eigenvalue weighted by molar-refractivity contribution is 5.89. The molecule has 0 aromatic heterocycles. The fourth-order valence-electron chi connectivity index (χ4n) is 7.67. The molecule has 6 aromatic rings. The van der Waals surface area contributed by atoms with E-state index in [1.54, 1.807) is 0 Å². The first-order valence-corrected chi connectivity index (χ1v) is 17.1. The number of fused-ring (bicyclic) bond motifs is 3. The summed E-state index contributed by atoms with van der Waals surface area (Å²) in [4.78, 5) is 4.67. The van der Waals surface area contributed by atoms with Crippen LogP contribution in [0.3, 0.4) is 0 Å². The first-order chi connectivity index (χ1) is 22.9. The number of rotatable bonds is 6. The third kappa shape index (κ3) is 5.40. The highest BCUT2D eigenvalue weighted by atomic mass is 15.1. The van der Waals surface area contributed by atoms with Gasteiger partial charge in [0, 0.05) is 40.9 Å². The molecule has 0 unspecified atom stereocenters. The summed E-state index contributed by atoms with van der Waals surface area (Å²) in [6.07, 6.45) is 0. The highest BCUT2D eigenvalue weighted by Gasteiger charge is 2.37. The average Bonchev–Trinajstić information content (AvgIpc) is 3.31. The molecule has 48 heavy (non-hydrogen) atoms. The first kappa shape index (κ1) is 31.5. The zero-order valence-corrected chi connectivity index (χ0v) is 29.6. The Labute approximate surface area is 287 Å². The van der Waals surface area contributed by atoms with Gasteiger partial charge in [0.2, 0.25) is 0 Å². The molecule has 2 nitrogen and oxygen atoms in total. The summed E-state index contributed by atoms with van der Waals surface area (Å²) >= 11 is 0. The molecule has 1 aliphatic carbocycles. The summed E-state index contributed by atoms with van der Waals surface area (Å²) in [6.45, 7) is 16.4. The van der Waals surface area contributed by atoms with Crippen LogP contribution in [0.1, 0.15) is 62.4 Å². The molecule has 0 N–H and O–H groups in total. The van der Waals surface area contributed by atoms with Crippen molar-refractivity contribution >= 4 is 28.4 Å². The standard InChI is InChI=1S/C46H46N2/c1-31-27-38(48(35-20-14-10-15-21-35)36-22-16-11-17-23-36)30-41(45(3,4)5)43(31)33-24-25-39-40(28-33)46(6,7)42-29-37(26-32(2)44(39)42)47(8)34-18-12-9-13-19-34/h9-30H,1-8H3. The summed E-state index contributed by atoms with van der Waals surface area (Å²) in [6, 6.07) is 48.8. The van der Waals surface area contributed by atoms with Gasteiger partial charge in [-0.3, -0.25) is 0 Å². The molecule has 240 valence electrons. The maximum Gasteiger partial charge on any atom is 0.0467 e. The van der Waals surface area contributed by atoms with E-state index in [9.17, 15) is 0 Å². The van der Waals surface area contributed by atoms with Crippen LogP contribution in [-0.4, -0.2) is 7.05 Å². The summed E-state index contributed by atoms with van der Waals surface area (Å²) in [7, 11) is 2.17. The van der Waals surface area contributed by atoms with Crippen LogP contribution in [0, 0.1) is 13.8 Å². The smallest absolute Gasteiger partial charge is 0.0467 e. The number of nitrogens with zero attached hydrogens (tertiary/aromatic N) is 2. The molecule has 0 fully saturated rings. The minimum atomic E-state index is -0.133. The van der Waals surface area contributed by atoms with Gasteiger partial charge in [0.25, 0.3) is 0 Å². The molecule has 1 aliphatic rings. The van der Waals surface area contributed by atoms with E-state index >= 15 is 0 Å². The van der Waals surface area contributed by atoms with Gasteiger partial charge in [-0.1, -0.05) is 101 Å². The summed E-state index contributed by atoms with van der Waals surface area (Å²) in [5.41, 5.74) is 17.8. The normalized spacial score (nSPS) is 13.2. The fraction of sp³-hybridized carbons (Fsp3) is 0.217. The minimum Gasteiger partial charge on any atom is -0.345 e. The molecular weight excluding hydrogens is 581 g/mol. The Hall–Kier alpha value is -5.08. The van der Waals surface area contributed by atoms with E-state index in [0.717, 1.165) is 11.4 Å². The van der Waals surface area contributed by atoms with Crippen molar-refractivity contribution in [2.45, 2.75) is 59.3 Å². The Morgan fingerprint density at radius 2 is 1.02 bits per heavy atom. The van der Waals surface area contributed by atoms with Crippen molar-refractivity contribution in [3.63, 3.8) is 0 Å². The molecule has 0 heterocycles. The Balaban J connectivity index is 1.36. The minimum absolute atomic E-state index is 0.0693. The van der Waals surface area contributed by atoms with Gasteiger partial charge in [-0.25, -0.2) is 0 Å². The van der Waals surface area contributed by atoms with Crippen molar-refractivity contribution in [1.82, 2.24) is 0 Å². The van der Waals surface area contributed by atoms with Gasteiger partial charge in [-0.15, -0.1) is 0 Å². The molecule has 6 aromatic carbocycles. The van der Waals surface area contributed by atoms with Crippen LogP contribution in [-0.2, 0) is 10.8 Å². The monoisotopic (exact) mass is 626 g/mol. The van der Waals surface area contributed by atoms with Gasteiger partial charge in [0.05, 0.1) is 0 Å². The zero-order chi connectivity index (χ0) is 33.8. The Bertz CT molecular complexity index is 2060. The van der Waals surface area contributed by atoms with Crippen LogP contribution < -0.4 is 9.80 Å². The lowest BCUT2D eigenvalue weighted by atomic mass is 9.77. The van der Waals surface area contributed by atoms with E-state index in [4.69, 9.17) is 0 Å². The molecule has 0 radical (unpaired) electrons. The second kappa shape index (κ2) is 11.9. The van der Waals surface area contributed by atoms with Crippen molar-refractivity contribution in [2.75, 3.05) is 16.8 Å². The van der Waals surface area contributed by atoms with Crippen molar-refractivity contribution in [1.29, 1.82) is 0 Å². The van der Waals surface area contributed by atoms with E-state index in [1.807, 2.05) is 0 Å². The van der Waals surface area contributed by atoms with E-state index in [2.05, 4.69) is 199 Å². The second-order valence-electron chi connectivity index (χ2n) is 14.9. The number of hydrogen-bond donors (Lipinski definition) is 0. The van der Waals surface area contributed by atoms with Crippen LogP contribution in [0.5, 0.6) is 0 Å².